The fraction of sp³-hybridized carbons (Fsp3) is 0.500. The first kappa shape index (κ1) is 14.4. The monoisotopic (exact) mass is 225 g/mol. The van der Waals surface area contributed by atoms with Gasteiger partial charge in [-0.25, -0.2) is 0 Å². The van der Waals surface area contributed by atoms with Crippen LogP contribution in [0.2, 0.25) is 0 Å². The Balaban J connectivity index is 0.00000106. The summed E-state index contributed by atoms with van der Waals surface area (Å²) in [5.74, 6) is 1.70. The number of ether oxygens (including phenoxy) is 2. The smallest absolute Gasteiger partial charge is 0.231 e. The van der Waals surface area contributed by atoms with Gasteiger partial charge in [0.1, 0.15) is 6.04 Å². The molecule has 1 unspecified atom stereocenters. The summed E-state index contributed by atoms with van der Waals surface area (Å²) in [6, 6.07) is -0.387. The molecule has 0 radical (unpaired) electrons. The molecule has 4 heteroatoms. The van der Waals surface area contributed by atoms with Crippen LogP contribution in [0.1, 0.15) is 20.8 Å². The summed E-state index contributed by atoms with van der Waals surface area (Å²) in [5, 5.41) is 2.88. The number of allylic oxidation sites excluding steroid dienone is 1. The van der Waals surface area contributed by atoms with Crippen molar-refractivity contribution in [1.29, 1.82) is 0 Å². The normalized spacial score (nSPS) is 21.0. The molecular formula is C12H19NO3. The Morgan fingerprint density at radius 2 is 1.69 bits per heavy atom. The number of rotatable bonds is 3. The van der Waals surface area contributed by atoms with Crippen LogP contribution < -0.4 is 0 Å². The molecule has 1 heterocycles. The second-order valence-electron chi connectivity index (χ2n) is 3.56. The largest absolute Gasteiger partial charge is 0.454 e. The topological polar surface area (TPSA) is 47.9 Å². The molecule has 4 nitrogen and oxygen atoms in total. The Morgan fingerprint density at radius 3 is 2.12 bits per heavy atom. The van der Waals surface area contributed by atoms with E-state index >= 15 is 0 Å². The van der Waals surface area contributed by atoms with Crippen molar-refractivity contribution < 1.29 is 9.47 Å². The van der Waals surface area contributed by atoms with E-state index in [2.05, 4.69) is 18.3 Å². The molecule has 90 valence electrons. The molecule has 1 atom stereocenters. The molecule has 0 saturated carbocycles. The number of nitrogens with zero attached hydrogens (tertiary/aromatic N) is 1. The van der Waals surface area contributed by atoms with Crippen LogP contribution in [0.5, 0.6) is 0 Å². The van der Waals surface area contributed by atoms with Gasteiger partial charge in [0, 0.05) is 0 Å². The van der Waals surface area contributed by atoms with E-state index in [9.17, 15) is 4.91 Å². The van der Waals surface area contributed by atoms with Crippen molar-refractivity contribution in [3.05, 3.63) is 41.7 Å². The van der Waals surface area contributed by atoms with Gasteiger partial charge in [0.05, 0.1) is 0 Å². The third-order valence-corrected chi connectivity index (χ3v) is 1.72. The fourth-order valence-electron chi connectivity index (χ4n) is 1.11. The van der Waals surface area contributed by atoms with Crippen molar-refractivity contribution in [1.82, 2.24) is 0 Å². The zero-order valence-electron chi connectivity index (χ0n) is 10.1. The summed E-state index contributed by atoms with van der Waals surface area (Å²) in [6.07, 6.45) is 3.62. The Bertz CT molecular complexity index is 282. The molecule has 1 aliphatic rings. The number of nitroso groups, excluding NO2 is 1. The Hall–Kier alpha value is -1.58. The molecule has 0 aromatic rings. The summed E-state index contributed by atoms with van der Waals surface area (Å²) in [7, 11) is 0. The van der Waals surface area contributed by atoms with Gasteiger partial charge < -0.3 is 9.47 Å². The zero-order chi connectivity index (χ0) is 12.6. The molecule has 0 amide bonds. The van der Waals surface area contributed by atoms with E-state index in [0.29, 0.717) is 17.4 Å². The highest BCUT2D eigenvalue weighted by Crippen LogP contribution is 2.23. The fourth-order valence-corrected chi connectivity index (χ4v) is 1.11. The lowest BCUT2D eigenvalue weighted by Gasteiger charge is -2.00. The molecule has 16 heavy (non-hydrogen) atoms. The van der Waals surface area contributed by atoms with Gasteiger partial charge in [0.2, 0.25) is 6.79 Å². The molecule has 1 saturated heterocycles. The first-order valence-corrected chi connectivity index (χ1v) is 5.15. The van der Waals surface area contributed by atoms with Crippen molar-refractivity contribution >= 4 is 0 Å². The Kier molecular flexibility index (Phi) is 6.92. The Morgan fingerprint density at radius 1 is 1.19 bits per heavy atom. The summed E-state index contributed by atoms with van der Waals surface area (Å²) < 4.78 is 10.5. The third-order valence-electron chi connectivity index (χ3n) is 1.72. The van der Waals surface area contributed by atoms with Gasteiger partial charge >= 0.3 is 0 Å². The van der Waals surface area contributed by atoms with Crippen molar-refractivity contribution in [2.45, 2.75) is 26.8 Å². The van der Waals surface area contributed by atoms with Gasteiger partial charge in [-0.1, -0.05) is 19.0 Å². The van der Waals surface area contributed by atoms with E-state index < -0.39 is 0 Å². The van der Waals surface area contributed by atoms with E-state index in [1.165, 1.54) is 0 Å². The van der Waals surface area contributed by atoms with Crippen LogP contribution in [0.25, 0.3) is 0 Å². The molecule has 0 aromatic carbocycles. The van der Waals surface area contributed by atoms with Crippen LogP contribution >= 0.6 is 0 Å². The van der Waals surface area contributed by atoms with Crippen molar-refractivity contribution in [2.75, 3.05) is 6.79 Å². The number of hydrogen-bond donors (Lipinski definition) is 0. The average Bonchev–Trinajstić information content (AvgIpc) is 2.67. The van der Waals surface area contributed by atoms with Crippen molar-refractivity contribution in [3.8, 4) is 0 Å². The molecule has 1 aliphatic heterocycles. The highest BCUT2D eigenvalue weighted by Gasteiger charge is 2.17. The van der Waals surface area contributed by atoms with E-state index in [0.717, 1.165) is 0 Å². The van der Waals surface area contributed by atoms with Gasteiger partial charge in [-0.2, -0.15) is 4.91 Å². The van der Waals surface area contributed by atoms with Crippen molar-refractivity contribution in [3.63, 3.8) is 0 Å². The predicted molar refractivity (Wildman–Crippen MR) is 64.6 cm³/mol. The summed E-state index contributed by atoms with van der Waals surface area (Å²) in [6.45, 7) is 12.0. The van der Waals surface area contributed by atoms with E-state index in [1.54, 1.807) is 13.0 Å². The summed E-state index contributed by atoms with van der Waals surface area (Å²) in [5.41, 5.74) is 0. The minimum Gasteiger partial charge on any atom is -0.454 e. The molecule has 0 aromatic heterocycles. The van der Waals surface area contributed by atoms with Gasteiger partial charge in [0.25, 0.3) is 0 Å². The second kappa shape index (κ2) is 7.68. The maximum absolute atomic E-state index is 10.2. The molecular weight excluding hydrogens is 206 g/mol. The Labute approximate surface area is 96.6 Å². The SMILES string of the molecule is C=C.CC(C)/C=C1/OCO/C1=C/C(C)N=O. The van der Waals surface area contributed by atoms with Crippen LogP contribution in [-0.2, 0) is 9.47 Å². The number of hydrogen-bond acceptors (Lipinski definition) is 4. The maximum Gasteiger partial charge on any atom is 0.231 e. The van der Waals surface area contributed by atoms with Crippen LogP contribution in [-0.4, -0.2) is 12.8 Å². The highest BCUT2D eigenvalue weighted by molar-refractivity contribution is 5.24. The average molecular weight is 225 g/mol. The van der Waals surface area contributed by atoms with E-state index in [1.807, 2.05) is 19.9 Å². The van der Waals surface area contributed by atoms with Crippen LogP contribution in [0, 0.1) is 10.8 Å². The van der Waals surface area contributed by atoms with Gasteiger partial charge in [-0.05, 0) is 25.0 Å². The quantitative estimate of drug-likeness (QED) is 0.546. The molecule has 0 N–H and O–H groups in total. The van der Waals surface area contributed by atoms with E-state index in [4.69, 9.17) is 9.47 Å². The van der Waals surface area contributed by atoms with Gasteiger partial charge in [-0.3, -0.25) is 0 Å². The summed E-state index contributed by atoms with van der Waals surface area (Å²) >= 11 is 0. The molecule has 1 rings (SSSR count). The molecule has 0 aliphatic carbocycles. The first-order chi connectivity index (χ1) is 7.63. The van der Waals surface area contributed by atoms with Gasteiger partial charge in [0.15, 0.2) is 11.5 Å². The predicted octanol–water partition coefficient (Wildman–Crippen LogP) is 3.37. The first-order valence-electron chi connectivity index (χ1n) is 5.15. The molecule has 1 fully saturated rings. The molecule has 0 spiro atoms. The lowest BCUT2D eigenvalue weighted by atomic mass is 10.1. The summed E-state index contributed by atoms with van der Waals surface area (Å²) in [4.78, 5) is 10.2. The minimum absolute atomic E-state index is 0.218. The van der Waals surface area contributed by atoms with Crippen molar-refractivity contribution in [2.24, 2.45) is 11.1 Å². The van der Waals surface area contributed by atoms with Crippen LogP contribution in [0.4, 0.5) is 0 Å². The van der Waals surface area contributed by atoms with E-state index in [-0.39, 0.29) is 12.8 Å². The minimum atomic E-state index is -0.387. The maximum atomic E-state index is 10.2. The zero-order valence-corrected chi connectivity index (χ0v) is 10.1. The molecule has 0 bridgehead atoms. The lowest BCUT2D eigenvalue weighted by molar-refractivity contribution is 0.0970. The van der Waals surface area contributed by atoms with Gasteiger partial charge in [-0.15, -0.1) is 13.2 Å². The highest BCUT2D eigenvalue weighted by atomic mass is 16.7. The second-order valence-corrected chi connectivity index (χ2v) is 3.56. The standard InChI is InChI=1S/C10H15NO3.C2H4/c1-7(2)4-9-10(14-6-13-9)5-8(3)11-12;1-2/h4-5,7-8H,6H2,1-3H3;1-2H2/b9-4+,10-5+;. The van der Waals surface area contributed by atoms with Crippen LogP contribution in [0.15, 0.2) is 42.0 Å². The van der Waals surface area contributed by atoms with Crippen LogP contribution in [0.3, 0.4) is 0 Å². The lowest BCUT2D eigenvalue weighted by Crippen LogP contribution is -1.95. The third kappa shape index (κ3) is 4.77.